The van der Waals surface area contributed by atoms with E-state index in [1.54, 1.807) is 24.3 Å². The molecule has 3 aromatic rings. The van der Waals surface area contributed by atoms with Gasteiger partial charge >= 0.3 is 5.97 Å². The Morgan fingerprint density at radius 2 is 1.75 bits per heavy atom. The van der Waals surface area contributed by atoms with Crippen molar-refractivity contribution in [1.82, 2.24) is 20.2 Å². The molecule has 0 aliphatic rings. The summed E-state index contributed by atoms with van der Waals surface area (Å²) in [5.41, 5.74) is 1.99. The SMILES string of the molecule is CCc1ccc(OCC(=O)Oc2ccc(-n3cnnn3)cc2)cc1. The smallest absolute Gasteiger partial charge is 0.349 e. The van der Waals surface area contributed by atoms with Gasteiger partial charge in [0.2, 0.25) is 0 Å². The maximum atomic E-state index is 11.8. The predicted molar refractivity (Wildman–Crippen MR) is 86.1 cm³/mol. The van der Waals surface area contributed by atoms with Crippen molar-refractivity contribution in [2.75, 3.05) is 6.61 Å². The number of rotatable bonds is 6. The summed E-state index contributed by atoms with van der Waals surface area (Å²) in [5.74, 6) is 0.602. The first-order chi connectivity index (χ1) is 11.7. The Balaban J connectivity index is 1.52. The van der Waals surface area contributed by atoms with Gasteiger partial charge in [0.25, 0.3) is 0 Å². The van der Waals surface area contributed by atoms with Gasteiger partial charge in [-0.3, -0.25) is 0 Å². The zero-order valence-corrected chi connectivity index (χ0v) is 13.1. The third kappa shape index (κ3) is 3.95. The van der Waals surface area contributed by atoms with Gasteiger partial charge in [-0.05, 0) is 58.8 Å². The van der Waals surface area contributed by atoms with E-state index in [-0.39, 0.29) is 6.61 Å². The third-order valence-corrected chi connectivity index (χ3v) is 3.37. The molecule has 1 aromatic heterocycles. The van der Waals surface area contributed by atoms with E-state index in [9.17, 15) is 4.79 Å². The Hall–Kier alpha value is -3.22. The van der Waals surface area contributed by atoms with Crippen molar-refractivity contribution in [3.05, 3.63) is 60.4 Å². The summed E-state index contributed by atoms with van der Waals surface area (Å²) in [7, 11) is 0. The van der Waals surface area contributed by atoms with E-state index < -0.39 is 5.97 Å². The molecule has 3 rings (SSSR count). The zero-order chi connectivity index (χ0) is 16.8. The maximum Gasteiger partial charge on any atom is 0.349 e. The van der Waals surface area contributed by atoms with Crippen LogP contribution in [0.2, 0.25) is 0 Å². The van der Waals surface area contributed by atoms with Crippen molar-refractivity contribution in [3.8, 4) is 17.2 Å². The first-order valence-electron chi connectivity index (χ1n) is 7.50. The van der Waals surface area contributed by atoms with Crippen molar-refractivity contribution in [2.24, 2.45) is 0 Å². The Morgan fingerprint density at radius 3 is 2.38 bits per heavy atom. The molecule has 0 saturated heterocycles. The molecule has 0 aliphatic carbocycles. The summed E-state index contributed by atoms with van der Waals surface area (Å²) in [6.45, 7) is 1.93. The van der Waals surface area contributed by atoms with Gasteiger partial charge in [0.1, 0.15) is 17.8 Å². The van der Waals surface area contributed by atoms with Gasteiger partial charge in [-0.2, -0.15) is 0 Å². The molecule has 7 heteroatoms. The molecule has 0 amide bonds. The Bertz CT molecular complexity index is 784. The van der Waals surface area contributed by atoms with Gasteiger partial charge in [-0.25, -0.2) is 9.48 Å². The van der Waals surface area contributed by atoms with Crippen LogP contribution < -0.4 is 9.47 Å². The lowest BCUT2D eigenvalue weighted by Crippen LogP contribution is -2.17. The van der Waals surface area contributed by atoms with E-state index in [0.717, 1.165) is 12.1 Å². The van der Waals surface area contributed by atoms with E-state index >= 15 is 0 Å². The first kappa shape index (κ1) is 15.7. The molecule has 0 spiro atoms. The molecule has 0 atom stereocenters. The molecule has 1 heterocycles. The van der Waals surface area contributed by atoms with Gasteiger partial charge in [-0.1, -0.05) is 19.1 Å². The number of tetrazole rings is 1. The van der Waals surface area contributed by atoms with Crippen LogP contribution in [-0.2, 0) is 11.2 Å². The number of ether oxygens (including phenoxy) is 2. The highest BCUT2D eigenvalue weighted by Gasteiger charge is 2.07. The topological polar surface area (TPSA) is 79.1 Å². The van der Waals surface area contributed by atoms with E-state index in [1.807, 2.05) is 24.3 Å². The highest BCUT2D eigenvalue weighted by molar-refractivity contribution is 5.74. The van der Waals surface area contributed by atoms with Crippen molar-refractivity contribution >= 4 is 5.97 Å². The van der Waals surface area contributed by atoms with Crippen LogP contribution >= 0.6 is 0 Å². The van der Waals surface area contributed by atoms with Crippen LogP contribution in [0.1, 0.15) is 12.5 Å². The highest BCUT2D eigenvalue weighted by Crippen LogP contribution is 2.15. The summed E-state index contributed by atoms with van der Waals surface area (Å²) in [6.07, 6.45) is 2.45. The largest absolute Gasteiger partial charge is 0.482 e. The number of esters is 1. The van der Waals surface area contributed by atoms with Crippen LogP contribution in [0.25, 0.3) is 5.69 Å². The van der Waals surface area contributed by atoms with Gasteiger partial charge in [0.05, 0.1) is 5.69 Å². The van der Waals surface area contributed by atoms with Crippen LogP contribution in [-0.4, -0.2) is 32.8 Å². The molecular weight excluding hydrogens is 308 g/mol. The minimum absolute atomic E-state index is 0.153. The molecule has 0 aliphatic heterocycles. The molecule has 0 fully saturated rings. The second-order valence-electron chi connectivity index (χ2n) is 5.01. The van der Waals surface area contributed by atoms with Crippen LogP contribution in [0.15, 0.2) is 54.9 Å². The molecule has 0 N–H and O–H groups in total. The summed E-state index contributed by atoms with van der Waals surface area (Å²) >= 11 is 0. The number of carbonyl (C=O) groups is 1. The molecule has 0 radical (unpaired) electrons. The summed E-state index contributed by atoms with van der Waals surface area (Å²) in [6, 6.07) is 14.5. The average molecular weight is 324 g/mol. The lowest BCUT2D eigenvalue weighted by molar-refractivity contribution is -0.136. The number of aromatic nitrogens is 4. The van der Waals surface area contributed by atoms with Crippen molar-refractivity contribution in [2.45, 2.75) is 13.3 Å². The van der Waals surface area contributed by atoms with Gasteiger partial charge in [-0.15, -0.1) is 5.10 Å². The molecule has 24 heavy (non-hydrogen) atoms. The standard InChI is InChI=1S/C17H16N4O3/c1-2-13-3-7-15(8-4-13)23-11-17(22)24-16-9-5-14(6-10-16)21-12-18-19-20-21/h3-10,12H,2,11H2,1H3. The van der Waals surface area contributed by atoms with E-state index in [2.05, 4.69) is 22.4 Å². The minimum Gasteiger partial charge on any atom is -0.482 e. The van der Waals surface area contributed by atoms with Crippen molar-refractivity contribution < 1.29 is 14.3 Å². The molecule has 122 valence electrons. The molecule has 0 saturated carbocycles. The monoisotopic (exact) mass is 324 g/mol. The van der Waals surface area contributed by atoms with E-state index in [4.69, 9.17) is 9.47 Å². The van der Waals surface area contributed by atoms with Gasteiger partial charge in [0.15, 0.2) is 6.61 Å². The molecule has 7 nitrogen and oxygen atoms in total. The fraction of sp³-hybridized carbons (Fsp3) is 0.176. The molecule has 0 unspecified atom stereocenters. The average Bonchev–Trinajstić information content (AvgIpc) is 3.16. The number of hydrogen-bond acceptors (Lipinski definition) is 6. The fourth-order valence-corrected chi connectivity index (χ4v) is 2.07. The zero-order valence-electron chi connectivity index (χ0n) is 13.1. The number of nitrogens with zero attached hydrogens (tertiary/aromatic N) is 4. The fourth-order valence-electron chi connectivity index (χ4n) is 2.07. The number of carbonyl (C=O) groups excluding carboxylic acids is 1. The van der Waals surface area contributed by atoms with Crippen LogP contribution in [0, 0.1) is 0 Å². The summed E-state index contributed by atoms with van der Waals surface area (Å²) < 4.78 is 12.2. The van der Waals surface area contributed by atoms with Gasteiger partial charge in [0, 0.05) is 0 Å². The lowest BCUT2D eigenvalue weighted by atomic mass is 10.2. The lowest BCUT2D eigenvalue weighted by Gasteiger charge is -2.08. The predicted octanol–water partition coefficient (Wildman–Crippen LogP) is 2.21. The van der Waals surface area contributed by atoms with Crippen LogP contribution in [0.4, 0.5) is 0 Å². The number of benzene rings is 2. The second-order valence-corrected chi connectivity index (χ2v) is 5.01. The molecule has 2 aromatic carbocycles. The number of aryl methyl sites for hydroxylation is 1. The van der Waals surface area contributed by atoms with E-state index in [1.165, 1.54) is 16.6 Å². The van der Waals surface area contributed by atoms with Crippen molar-refractivity contribution in [1.29, 1.82) is 0 Å². The molecular formula is C17H16N4O3. The van der Waals surface area contributed by atoms with Crippen LogP contribution in [0.3, 0.4) is 0 Å². The normalized spacial score (nSPS) is 10.4. The van der Waals surface area contributed by atoms with E-state index in [0.29, 0.717) is 11.5 Å². The van der Waals surface area contributed by atoms with Crippen LogP contribution in [0.5, 0.6) is 11.5 Å². The minimum atomic E-state index is -0.468. The summed E-state index contributed by atoms with van der Waals surface area (Å²) in [4.78, 5) is 11.8. The Kier molecular flexibility index (Phi) is 4.81. The second kappa shape index (κ2) is 7.36. The Morgan fingerprint density at radius 1 is 1.04 bits per heavy atom. The first-order valence-corrected chi connectivity index (χ1v) is 7.50. The Labute approximate surface area is 138 Å². The van der Waals surface area contributed by atoms with Crippen molar-refractivity contribution in [3.63, 3.8) is 0 Å². The quantitative estimate of drug-likeness (QED) is 0.511. The summed E-state index contributed by atoms with van der Waals surface area (Å²) in [5, 5.41) is 10.9. The molecule has 0 bridgehead atoms. The highest BCUT2D eigenvalue weighted by atomic mass is 16.6. The maximum absolute atomic E-state index is 11.8. The number of hydrogen-bond donors (Lipinski definition) is 0. The third-order valence-electron chi connectivity index (χ3n) is 3.37. The van der Waals surface area contributed by atoms with Gasteiger partial charge < -0.3 is 9.47 Å².